The van der Waals surface area contributed by atoms with Gasteiger partial charge >= 0.3 is 0 Å². The Balaban J connectivity index is 2.20. The molecule has 0 N–H and O–H groups in total. The lowest BCUT2D eigenvalue weighted by Crippen LogP contribution is -2.26. The maximum atomic E-state index is 3.73. The Labute approximate surface area is 169 Å². The lowest BCUT2D eigenvalue weighted by atomic mass is 9.69. The predicted molar refractivity (Wildman–Crippen MR) is 116 cm³/mol. The molecule has 0 saturated carbocycles. The summed E-state index contributed by atoms with van der Waals surface area (Å²) in [5.41, 5.74) is 6.05. The van der Waals surface area contributed by atoms with Gasteiger partial charge in [0.2, 0.25) is 0 Å². The van der Waals surface area contributed by atoms with Gasteiger partial charge in [-0.3, -0.25) is 0 Å². The van der Waals surface area contributed by atoms with Gasteiger partial charge < -0.3 is 0 Å². The first-order valence-corrected chi connectivity index (χ1v) is 11.0. The highest BCUT2D eigenvalue weighted by Crippen LogP contribution is 2.55. The van der Waals surface area contributed by atoms with Crippen molar-refractivity contribution in [2.75, 3.05) is 0 Å². The van der Waals surface area contributed by atoms with Crippen LogP contribution in [0.15, 0.2) is 45.3 Å². The molecular formula is C23H28Br2. The predicted octanol–water partition coefficient (Wildman–Crippen LogP) is 8.35. The Kier molecular flexibility index (Phi) is 5.80. The molecule has 0 fully saturated rings. The molecule has 2 aromatic carbocycles. The fourth-order valence-electron chi connectivity index (χ4n) is 4.17. The van der Waals surface area contributed by atoms with Crippen molar-refractivity contribution in [3.05, 3.63) is 56.5 Å². The maximum absolute atomic E-state index is 3.73. The third-order valence-electron chi connectivity index (χ3n) is 5.58. The van der Waals surface area contributed by atoms with Gasteiger partial charge in [-0.05, 0) is 84.0 Å². The number of benzene rings is 2. The van der Waals surface area contributed by atoms with Gasteiger partial charge in [-0.15, -0.1) is 0 Å². The molecule has 0 nitrogen and oxygen atoms in total. The molecule has 0 unspecified atom stereocenters. The second-order valence-corrected chi connectivity index (χ2v) is 10.2. The van der Waals surface area contributed by atoms with Gasteiger partial charge in [0.15, 0.2) is 0 Å². The summed E-state index contributed by atoms with van der Waals surface area (Å²) in [4.78, 5) is 0. The molecule has 25 heavy (non-hydrogen) atoms. The average Bonchev–Trinajstić information content (AvgIpc) is 2.80. The first-order chi connectivity index (χ1) is 11.8. The molecule has 134 valence electrons. The first-order valence-electron chi connectivity index (χ1n) is 9.44. The monoisotopic (exact) mass is 462 g/mol. The van der Waals surface area contributed by atoms with E-state index in [4.69, 9.17) is 0 Å². The molecule has 0 bridgehead atoms. The van der Waals surface area contributed by atoms with E-state index in [1.54, 1.807) is 0 Å². The third kappa shape index (κ3) is 3.76. The van der Waals surface area contributed by atoms with Crippen molar-refractivity contribution in [2.24, 2.45) is 11.8 Å². The smallest absolute Gasteiger partial charge is 0.0216 e. The minimum Gasteiger partial charge on any atom is -0.0628 e. The number of halogens is 2. The summed E-state index contributed by atoms with van der Waals surface area (Å²) in [6.07, 6.45) is 4.97. The van der Waals surface area contributed by atoms with E-state index < -0.39 is 0 Å². The fraction of sp³-hybridized carbons (Fsp3) is 0.478. The Hall–Kier alpha value is -0.600. The second kappa shape index (κ2) is 7.56. The van der Waals surface area contributed by atoms with Crippen LogP contribution in [0.25, 0.3) is 11.1 Å². The van der Waals surface area contributed by atoms with Gasteiger partial charge in [0.25, 0.3) is 0 Å². The zero-order valence-corrected chi connectivity index (χ0v) is 18.9. The van der Waals surface area contributed by atoms with Crippen LogP contribution in [0.5, 0.6) is 0 Å². The quantitative estimate of drug-likeness (QED) is 0.403. The van der Waals surface area contributed by atoms with E-state index in [1.165, 1.54) is 56.9 Å². The van der Waals surface area contributed by atoms with Crippen LogP contribution in [0.2, 0.25) is 0 Å². The minimum atomic E-state index is 0.146. The van der Waals surface area contributed by atoms with Gasteiger partial charge in [0.05, 0.1) is 0 Å². The molecule has 0 heterocycles. The molecule has 0 radical (unpaired) electrons. The fourth-order valence-corrected chi connectivity index (χ4v) is 4.90. The van der Waals surface area contributed by atoms with E-state index in [1.807, 2.05) is 0 Å². The summed E-state index contributed by atoms with van der Waals surface area (Å²) in [7, 11) is 0. The highest BCUT2D eigenvalue weighted by atomic mass is 79.9. The van der Waals surface area contributed by atoms with Crippen LogP contribution in [-0.2, 0) is 5.41 Å². The third-order valence-corrected chi connectivity index (χ3v) is 6.57. The van der Waals surface area contributed by atoms with E-state index in [2.05, 4.69) is 96.0 Å². The van der Waals surface area contributed by atoms with Gasteiger partial charge in [0.1, 0.15) is 0 Å². The SMILES string of the molecule is CC(C)CCC1(CCC(C)C)c2cc(Br)ccc2-c2ccc(Br)cc21. The molecule has 2 heteroatoms. The molecule has 0 saturated heterocycles. The van der Waals surface area contributed by atoms with Gasteiger partial charge in [-0.2, -0.15) is 0 Å². The van der Waals surface area contributed by atoms with Crippen molar-refractivity contribution >= 4 is 31.9 Å². The van der Waals surface area contributed by atoms with Crippen LogP contribution in [0.4, 0.5) is 0 Å². The molecule has 0 atom stereocenters. The molecule has 0 amide bonds. The zero-order valence-electron chi connectivity index (χ0n) is 15.7. The van der Waals surface area contributed by atoms with Crippen LogP contribution in [0.1, 0.15) is 64.5 Å². The van der Waals surface area contributed by atoms with E-state index in [-0.39, 0.29) is 5.41 Å². The van der Waals surface area contributed by atoms with E-state index in [0.29, 0.717) is 0 Å². The van der Waals surface area contributed by atoms with Crippen LogP contribution in [0, 0.1) is 11.8 Å². The number of hydrogen-bond donors (Lipinski definition) is 0. The van der Waals surface area contributed by atoms with Crippen molar-refractivity contribution in [1.29, 1.82) is 0 Å². The molecule has 1 aliphatic rings. The zero-order chi connectivity index (χ0) is 18.2. The number of fused-ring (bicyclic) bond motifs is 3. The molecule has 0 spiro atoms. The van der Waals surface area contributed by atoms with Gasteiger partial charge in [-0.1, -0.05) is 71.7 Å². The molecule has 1 aliphatic carbocycles. The molecule has 0 aliphatic heterocycles. The molecular weight excluding hydrogens is 436 g/mol. The summed E-state index contributed by atoms with van der Waals surface area (Å²) in [5, 5.41) is 0. The number of hydrogen-bond acceptors (Lipinski definition) is 0. The summed E-state index contributed by atoms with van der Waals surface area (Å²) < 4.78 is 2.38. The van der Waals surface area contributed by atoms with Crippen molar-refractivity contribution in [1.82, 2.24) is 0 Å². The lowest BCUT2D eigenvalue weighted by molar-refractivity contribution is 0.364. The second-order valence-electron chi connectivity index (χ2n) is 8.33. The van der Waals surface area contributed by atoms with E-state index in [0.717, 1.165) is 11.8 Å². The van der Waals surface area contributed by atoms with Gasteiger partial charge in [0, 0.05) is 14.4 Å². The van der Waals surface area contributed by atoms with E-state index >= 15 is 0 Å². The van der Waals surface area contributed by atoms with Crippen molar-refractivity contribution < 1.29 is 0 Å². The highest BCUT2D eigenvalue weighted by Gasteiger charge is 2.42. The summed E-state index contributed by atoms with van der Waals surface area (Å²) in [5.74, 6) is 1.45. The average molecular weight is 464 g/mol. The molecule has 2 aromatic rings. The first kappa shape index (κ1) is 19.2. The van der Waals surface area contributed by atoms with E-state index in [9.17, 15) is 0 Å². The summed E-state index contributed by atoms with van der Waals surface area (Å²) >= 11 is 7.45. The molecule has 0 aromatic heterocycles. The van der Waals surface area contributed by atoms with Crippen LogP contribution in [-0.4, -0.2) is 0 Å². The highest BCUT2D eigenvalue weighted by molar-refractivity contribution is 9.10. The van der Waals surface area contributed by atoms with Crippen LogP contribution in [0.3, 0.4) is 0 Å². The minimum absolute atomic E-state index is 0.146. The maximum Gasteiger partial charge on any atom is 0.0216 e. The van der Waals surface area contributed by atoms with Crippen molar-refractivity contribution in [2.45, 2.75) is 58.8 Å². The van der Waals surface area contributed by atoms with Crippen LogP contribution >= 0.6 is 31.9 Å². The topological polar surface area (TPSA) is 0 Å². The van der Waals surface area contributed by atoms with Crippen molar-refractivity contribution in [3.63, 3.8) is 0 Å². The Morgan fingerprint density at radius 3 is 1.48 bits per heavy atom. The van der Waals surface area contributed by atoms with Crippen LogP contribution < -0.4 is 0 Å². The largest absolute Gasteiger partial charge is 0.0628 e. The van der Waals surface area contributed by atoms with Gasteiger partial charge in [-0.25, -0.2) is 0 Å². The molecule has 3 rings (SSSR count). The number of rotatable bonds is 6. The standard InChI is InChI=1S/C23H28Br2/c1-15(2)9-11-23(12-10-16(3)4)21-13-17(24)5-7-19(21)20-8-6-18(25)14-22(20)23/h5-8,13-16H,9-12H2,1-4H3. The Bertz CT molecular complexity index is 693. The summed E-state index contributed by atoms with van der Waals surface area (Å²) in [6.45, 7) is 9.37. The lowest BCUT2D eigenvalue weighted by Gasteiger charge is -2.34. The normalized spacial score (nSPS) is 14.9. The Morgan fingerprint density at radius 2 is 1.12 bits per heavy atom. The summed E-state index contributed by atoms with van der Waals surface area (Å²) in [6, 6.07) is 13.7. The Morgan fingerprint density at radius 1 is 0.720 bits per heavy atom. The van der Waals surface area contributed by atoms with Crippen molar-refractivity contribution in [3.8, 4) is 11.1 Å².